The molecular formula is C13H19N5O. The highest BCUT2D eigenvalue weighted by Crippen LogP contribution is 2.20. The number of furan rings is 1. The van der Waals surface area contributed by atoms with Gasteiger partial charge < -0.3 is 20.4 Å². The zero-order valence-corrected chi connectivity index (χ0v) is 11.5. The number of nitrogens with zero attached hydrogens (tertiary/aromatic N) is 3. The van der Waals surface area contributed by atoms with Crippen molar-refractivity contribution < 1.29 is 4.42 Å². The van der Waals surface area contributed by atoms with Gasteiger partial charge in [-0.25, -0.2) is 9.97 Å². The van der Waals surface area contributed by atoms with Crippen LogP contribution in [-0.4, -0.2) is 30.1 Å². The van der Waals surface area contributed by atoms with Gasteiger partial charge in [0.15, 0.2) is 5.88 Å². The molecule has 0 saturated carbocycles. The van der Waals surface area contributed by atoms with Gasteiger partial charge in [-0.05, 0) is 19.9 Å². The van der Waals surface area contributed by atoms with Crippen molar-refractivity contribution in [1.82, 2.24) is 9.97 Å². The second-order valence-corrected chi connectivity index (χ2v) is 4.40. The molecular weight excluding hydrogens is 242 g/mol. The van der Waals surface area contributed by atoms with E-state index in [1.165, 1.54) is 0 Å². The Morgan fingerprint density at radius 2 is 2.11 bits per heavy atom. The van der Waals surface area contributed by atoms with Crippen molar-refractivity contribution in [1.29, 1.82) is 0 Å². The molecule has 0 aromatic carbocycles. The topological polar surface area (TPSA) is 80.2 Å². The highest BCUT2D eigenvalue weighted by Gasteiger charge is 2.07. The molecule has 2 aromatic rings. The number of nitrogens with two attached hydrogens (primary N) is 1. The second-order valence-electron chi connectivity index (χ2n) is 4.40. The molecule has 0 amide bonds. The fourth-order valence-corrected chi connectivity index (χ4v) is 1.75. The summed E-state index contributed by atoms with van der Waals surface area (Å²) >= 11 is 0. The van der Waals surface area contributed by atoms with Gasteiger partial charge in [-0.2, -0.15) is 0 Å². The van der Waals surface area contributed by atoms with Gasteiger partial charge in [-0.1, -0.05) is 0 Å². The van der Waals surface area contributed by atoms with Crippen LogP contribution in [0.5, 0.6) is 0 Å². The molecule has 2 aromatic heterocycles. The number of aromatic nitrogens is 2. The summed E-state index contributed by atoms with van der Waals surface area (Å²) in [4.78, 5) is 10.7. The van der Waals surface area contributed by atoms with E-state index in [1.54, 1.807) is 0 Å². The predicted molar refractivity (Wildman–Crippen MR) is 75.8 cm³/mol. The summed E-state index contributed by atoms with van der Waals surface area (Å²) in [5.41, 5.74) is 5.55. The number of hydrogen-bond donors (Lipinski definition) is 2. The summed E-state index contributed by atoms with van der Waals surface area (Å²) in [6.45, 7) is 5.09. The van der Waals surface area contributed by atoms with Crippen LogP contribution in [0.4, 0.5) is 17.5 Å². The monoisotopic (exact) mass is 261 g/mol. The molecule has 2 heterocycles. The predicted octanol–water partition coefficient (Wildman–Crippen LogP) is 1.82. The van der Waals surface area contributed by atoms with Crippen molar-refractivity contribution >= 4 is 17.5 Å². The van der Waals surface area contributed by atoms with Crippen LogP contribution >= 0.6 is 0 Å². The first-order valence-corrected chi connectivity index (χ1v) is 6.19. The maximum Gasteiger partial charge on any atom is 0.198 e. The SMILES string of the molecule is Cc1nc(Nc2ccc(C)o2)cc(N(C)CCN)n1. The van der Waals surface area contributed by atoms with E-state index in [9.17, 15) is 0 Å². The molecule has 6 nitrogen and oxygen atoms in total. The zero-order valence-electron chi connectivity index (χ0n) is 11.5. The van der Waals surface area contributed by atoms with E-state index in [0.29, 0.717) is 24.1 Å². The minimum absolute atomic E-state index is 0.583. The van der Waals surface area contributed by atoms with Gasteiger partial charge in [0.05, 0.1) is 0 Å². The number of nitrogens with one attached hydrogen (secondary N) is 1. The van der Waals surface area contributed by atoms with Crippen LogP contribution in [0.1, 0.15) is 11.6 Å². The van der Waals surface area contributed by atoms with Crippen molar-refractivity contribution in [2.75, 3.05) is 30.4 Å². The van der Waals surface area contributed by atoms with Crippen molar-refractivity contribution in [3.63, 3.8) is 0 Å². The third kappa shape index (κ3) is 3.45. The average Bonchev–Trinajstić information content (AvgIpc) is 2.74. The highest BCUT2D eigenvalue weighted by atomic mass is 16.4. The van der Waals surface area contributed by atoms with Gasteiger partial charge in [0.2, 0.25) is 0 Å². The molecule has 0 fully saturated rings. The van der Waals surface area contributed by atoms with Gasteiger partial charge in [-0.15, -0.1) is 0 Å². The Morgan fingerprint density at radius 1 is 1.32 bits per heavy atom. The molecule has 6 heteroatoms. The van der Waals surface area contributed by atoms with E-state index < -0.39 is 0 Å². The highest BCUT2D eigenvalue weighted by molar-refractivity contribution is 5.55. The Kier molecular flexibility index (Phi) is 4.01. The van der Waals surface area contributed by atoms with Crippen LogP contribution in [0, 0.1) is 13.8 Å². The molecule has 0 bridgehead atoms. The van der Waals surface area contributed by atoms with Crippen molar-refractivity contribution in [3.05, 3.63) is 29.8 Å². The number of hydrogen-bond acceptors (Lipinski definition) is 6. The third-order valence-corrected chi connectivity index (χ3v) is 2.67. The fourth-order valence-electron chi connectivity index (χ4n) is 1.75. The van der Waals surface area contributed by atoms with Crippen LogP contribution < -0.4 is 16.0 Å². The summed E-state index contributed by atoms with van der Waals surface area (Å²) < 4.78 is 5.47. The van der Waals surface area contributed by atoms with E-state index in [-0.39, 0.29) is 0 Å². The lowest BCUT2D eigenvalue weighted by Crippen LogP contribution is -2.26. The van der Waals surface area contributed by atoms with E-state index >= 15 is 0 Å². The van der Waals surface area contributed by atoms with Gasteiger partial charge >= 0.3 is 0 Å². The molecule has 0 aliphatic heterocycles. The Morgan fingerprint density at radius 3 is 2.74 bits per heavy atom. The van der Waals surface area contributed by atoms with Crippen molar-refractivity contribution in [3.8, 4) is 0 Å². The van der Waals surface area contributed by atoms with Gasteiger partial charge in [0.1, 0.15) is 23.2 Å². The lowest BCUT2D eigenvalue weighted by Gasteiger charge is -2.18. The minimum Gasteiger partial charge on any atom is -0.446 e. The molecule has 0 radical (unpaired) electrons. The lowest BCUT2D eigenvalue weighted by molar-refractivity contribution is 0.551. The average molecular weight is 261 g/mol. The summed E-state index contributed by atoms with van der Waals surface area (Å²) in [5.74, 6) is 3.77. The molecule has 19 heavy (non-hydrogen) atoms. The second kappa shape index (κ2) is 5.71. The van der Waals surface area contributed by atoms with Crippen LogP contribution in [-0.2, 0) is 0 Å². The van der Waals surface area contributed by atoms with Crippen LogP contribution in [0.15, 0.2) is 22.6 Å². The number of anilines is 3. The maximum absolute atomic E-state index is 5.55. The molecule has 0 aliphatic carbocycles. The largest absolute Gasteiger partial charge is 0.446 e. The summed E-state index contributed by atoms with van der Waals surface area (Å²) in [7, 11) is 1.95. The van der Waals surface area contributed by atoms with Crippen LogP contribution in [0.2, 0.25) is 0 Å². The molecule has 0 spiro atoms. The smallest absolute Gasteiger partial charge is 0.198 e. The maximum atomic E-state index is 5.55. The zero-order chi connectivity index (χ0) is 13.8. The Balaban J connectivity index is 2.21. The Hall–Kier alpha value is -2.08. The molecule has 0 saturated heterocycles. The first kappa shape index (κ1) is 13.4. The van der Waals surface area contributed by atoms with Crippen LogP contribution in [0.25, 0.3) is 0 Å². The minimum atomic E-state index is 0.583. The summed E-state index contributed by atoms with van der Waals surface area (Å²) in [5, 5.41) is 3.13. The van der Waals surface area contributed by atoms with Crippen LogP contribution in [0.3, 0.4) is 0 Å². The fraction of sp³-hybridized carbons (Fsp3) is 0.385. The standard InChI is InChI=1S/C13H19N5O/c1-9-4-5-13(19-9)17-11-8-12(16-10(2)15-11)18(3)7-6-14/h4-5,8H,6-7,14H2,1-3H3,(H,15,16,17). The van der Waals surface area contributed by atoms with E-state index in [0.717, 1.165) is 18.1 Å². The number of aryl methyl sites for hydroxylation is 2. The molecule has 0 aliphatic rings. The summed E-state index contributed by atoms with van der Waals surface area (Å²) in [6, 6.07) is 5.65. The molecule has 102 valence electrons. The van der Waals surface area contributed by atoms with Gasteiger partial charge in [0, 0.05) is 32.3 Å². The van der Waals surface area contributed by atoms with Crippen molar-refractivity contribution in [2.45, 2.75) is 13.8 Å². The molecule has 2 rings (SSSR count). The first-order chi connectivity index (χ1) is 9.08. The van der Waals surface area contributed by atoms with E-state index in [1.807, 2.05) is 44.0 Å². The normalized spacial score (nSPS) is 10.5. The van der Waals surface area contributed by atoms with Gasteiger partial charge in [0.25, 0.3) is 0 Å². The molecule has 0 unspecified atom stereocenters. The Bertz CT molecular complexity index is 552. The van der Waals surface area contributed by atoms with E-state index in [2.05, 4.69) is 15.3 Å². The van der Waals surface area contributed by atoms with E-state index in [4.69, 9.17) is 10.2 Å². The van der Waals surface area contributed by atoms with Gasteiger partial charge in [-0.3, -0.25) is 0 Å². The molecule has 0 atom stereocenters. The number of rotatable bonds is 5. The summed E-state index contributed by atoms with van der Waals surface area (Å²) in [6.07, 6.45) is 0. The lowest BCUT2D eigenvalue weighted by atomic mass is 10.4. The molecule has 3 N–H and O–H groups in total. The first-order valence-electron chi connectivity index (χ1n) is 6.19. The Labute approximate surface area is 112 Å². The number of likely N-dealkylation sites (N-methyl/N-ethyl adjacent to an activating group) is 1. The quantitative estimate of drug-likeness (QED) is 0.854. The third-order valence-electron chi connectivity index (χ3n) is 2.67. The van der Waals surface area contributed by atoms with Crippen molar-refractivity contribution in [2.24, 2.45) is 5.73 Å².